The molecule has 182 valence electrons. The molecule has 0 bridgehead atoms. The molecule has 0 fully saturated rings. The Kier molecular flexibility index (Phi) is 9.12. The lowest BCUT2D eigenvalue weighted by Crippen LogP contribution is -2.14. The van der Waals surface area contributed by atoms with Gasteiger partial charge in [0.1, 0.15) is 0 Å². The van der Waals surface area contributed by atoms with Crippen LogP contribution in [0.4, 0.5) is 11.4 Å². The molecule has 36 heavy (non-hydrogen) atoms. The summed E-state index contributed by atoms with van der Waals surface area (Å²) in [5.74, 6) is -0.819. The molecule has 2 amide bonds. The topological polar surface area (TPSA) is 58.2 Å². The van der Waals surface area contributed by atoms with Crippen LogP contribution in [0.3, 0.4) is 0 Å². The highest BCUT2D eigenvalue weighted by Gasteiger charge is 2.18. The van der Waals surface area contributed by atoms with E-state index in [4.69, 9.17) is 46.4 Å². The molecule has 4 nitrogen and oxygen atoms in total. The van der Waals surface area contributed by atoms with E-state index in [1.54, 1.807) is 48.5 Å². The minimum atomic E-state index is -0.409. The number of para-hydroxylation sites is 2. The van der Waals surface area contributed by atoms with Gasteiger partial charge in [-0.3, -0.25) is 9.59 Å². The van der Waals surface area contributed by atoms with E-state index in [0.29, 0.717) is 11.4 Å². The van der Waals surface area contributed by atoms with E-state index < -0.39 is 11.8 Å². The van der Waals surface area contributed by atoms with Crippen LogP contribution in [0.2, 0.25) is 20.1 Å². The monoisotopic (exact) mass is 592 g/mol. The molecular formula is C26H16Cl4N2O2S2. The Hall–Kier alpha value is -2.32. The van der Waals surface area contributed by atoms with Crippen LogP contribution in [0.15, 0.2) is 94.7 Å². The summed E-state index contributed by atoms with van der Waals surface area (Å²) < 4.78 is 0. The van der Waals surface area contributed by atoms with Crippen molar-refractivity contribution in [2.45, 2.75) is 9.79 Å². The van der Waals surface area contributed by atoms with Crippen molar-refractivity contribution < 1.29 is 9.59 Å². The van der Waals surface area contributed by atoms with Gasteiger partial charge in [0.25, 0.3) is 11.8 Å². The number of benzene rings is 4. The quantitative estimate of drug-likeness (QED) is 0.209. The second-order valence-electron chi connectivity index (χ2n) is 7.26. The van der Waals surface area contributed by atoms with Crippen molar-refractivity contribution in [3.63, 3.8) is 0 Å². The molecule has 0 spiro atoms. The summed E-state index contributed by atoms with van der Waals surface area (Å²) in [6, 6.07) is 24.5. The normalized spacial score (nSPS) is 10.7. The first-order chi connectivity index (χ1) is 17.3. The Morgan fingerprint density at radius 2 is 0.833 bits per heavy atom. The van der Waals surface area contributed by atoms with Gasteiger partial charge in [-0.1, -0.05) is 104 Å². The van der Waals surface area contributed by atoms with Crippen LogP contribution in [0, 0.1) is 0 Å². The van der Waals surface area contributed by atoms with Crippen molar-refractivity contribution in [1.82, 2.24) is 0 Å². The maximum absolute atomic E-state index is 12.9. The first-order valence-electron chi connectivity index (χ1n) is 10.4. The zero-order chi connectivity index (χ0) is 25.7. The van der Waals surface area contributed by atoms with Crippen molar-refractivity contribution in [2.24, 2.45) is 0 Å². The molecule has 4 aromatic carbocycles. The minimum Gasteiger partial charge on any atom is -0.321 e. The van der Waals surface area contributed by atoms with Crippen LogP contribution >= 0.6 is 68.0 Å². The van der Waals surface area contributed by atoms with Crippen LogP contribution < -0.4 is 10.6 Å². The predicted octanol–water partition coefficient (Wildman–Crippen LogP) is 9.60. The highest BCUT2D eigenvalue weighted by molar-refractivity contribution is 8.76. The average molecular weight is 594 g/mol. The fourth-order valence-electron chi connectivity index (χ4n) is 3.17. The predicted molar refractivity (Wildman–Crippen MR) is 153 cm³/mol. The van der Waals surface area contributed by atoms with E-state index in [2.05, 4.69) is 10.6 Å². The first kappa shape index (κ1) is 26.7. The lowest BCUT2D eigenvalue weighted by atomic mass is 10.2. The number of anilines is 2. The van der Waals surface area contributed by atoms with Gasteiger partial charge < -0.3 is 10.6 Å². The van der Waals surface area contributed by atoms with Crippen LogP contribution in [0.25, 0.3) is 0 Å². The van der Waals surface area contributed by atoms with Crippen LogP contribution in [-0.4, -0.2) is 11.8 Å². The van der Waals surface area contributed by atoms with E-state index in [1.807, 2.05) is 36.4 Å². The maximum atomic E-state index is 12.9. The van der Waals surface area contributed by atoms with Gasteiger partial charge in [0.2, 0.25) is 0 Å². The fraction of sp³-hybridized carbons (Fsp3) is 0. The average Bonchev–Trinajstić information content (AvgIpc) is 2.84. The van der Waals surface area contributed by atoms with E-state index in [0.717, 1.165) is 9.79 Å². The van der Waals surface area contributed by atoms with Gasteiger partial charge in [-0.2, -0.15) is 0 Å². The maximum Gasteiger partial charge on any atom is 0.258 e. The summed E-state index contributed by atoms with van der Waals surface area (Å²) in [5, 5.41) is 6.83. The molecule has 4 rings (SSSR count). The third kappa shape index (κ3) is 6.32. The second kappa shape index (κ2) is 12.3. The standard InChI is InChI=1S/C26H16Cl4N2O2S2/c27-15-7-5-8-16(28)23(15)25(33)31-19-11-1-3-13-21(19)35-36-22-14-4-2-12-20(22)32-26(34)24-17(29)9-6-10-18(24)30/h1-14H,(H,31,33)(H,32,34). The number of nitrogens with one attached hydrogen (secondary N) is 2. The third-order valence-corrected chi connectivity index (χ3v) is 8.61. The lowest BCUT2D eigenvalue weighted by Gasteiger charge is -2.14. The number of hydrogen-bond donors (Lipinski definition) is 2. The molecule has 2 N–H and O–H groups in total. The molecule has 0 aliphatic carbocycles. The van der Waals surface area contributed by atoms with Gasteiger partial charge in [0.15, 0.2) is 0 Å². The number of amides is 2. The van der Waals surface area contributed by atoms with E-state index in [1.165, 1.54) is 21.6 Å². The van der Waals surface area contributed by atoms with Gasteiger partial charge in [0, 0.05) is 9.79 Å². The molecule has 0 saturated carbocycles. The SMILES string of the molecule is O=C(Nc1ccccc1SSc1ccccc1NC(=O)c1c(Cl)cccc1Cl)c1c(Cl)cccc1Cl. The molecule has 10 heteroatoms. The Balaban J connectivity index is 1.51. The zero-order valence-electron chi connectivity index (χ0n) is 18.2. The van der Waals surface area contributed by atoms with Gasteiger partial charge >= 0.3 is 0 Å². The van der Waals surface area contributed by atoms with Gasteiger partial charge in [-0.15, -0.1) is 0 Å². The summed E-state index contributed by atoms with van der Waals surface area (Å²) in [5.41, 5.74) is 1.61. The number of hydrogen-bond acceptors (Lipinski definition) is 4. The summed E-state index contributed by atoms with van der Waals surface area (Å²) in [7, 11) is 2.84. The fourth-order valence-corrected chi connectivity index (χ4v) is 6.59. The van der Waals surface area contributed by atoms with Gasteiger partial charge in [-0.05, 0) is 48.5 Å². The van der Waals surface area contributed by atoms with Crippen molar-refractivity contribution in [3.05, 3.63) is 116 Å². The second-order valence-corrected chi connectivity index (χ2v) is 11.1. The van der Waals surface area contributed by atoms with E-state index >= 15 is 0 Å². The number of rotatable bonds is 7. The molecule has 0 aliphatic heterocycles. The van der Waals surface area contributed by atoms with Crippen LogP contribution in [0.5, 0.6) is 0 Å². The molecule has 0 radical (unpaired) electrons. The summed E-state index contributed by atoms with van der Waals surface area (Å²) in [6.07, 6.45) is 0. The lowest BCUT2D eigenvalue weighted by molar-refractivity contribution is 0.101. The van der Waals surface area contributed by atoms with E-state index in [9.17, 15) is 9.59 Å². The smallest absolute Gasteiger partial charge is 0.258 e. The van der Waals surface area contributed by atoms with E-state index in [-0.39, 0.29) is 31.2 Å². The number of carbonyl (C=O) groups excluding carboxylic acids is 2. The summed E-state index contributed by atoms with van der Waals surface area (Å²) in [6.45, 7) is 0. The Bertz CT molecular complexity index is 1300. The van der Waals surface area contributed by atoms with Gasteiger partial charge in [0.05, 0.1) is 42.6 Å². The zero-order valence-corrected chi connectivity index (χ0v) is 22.9. The van der Waals surface area contributed by atoms with Crippen molar-refractivity contribution in [2.75, 3.05) is 10.6 Å². The van der Waals surface area contributed by atoms with Crippen molar-refractivity contribution >= 4 is 91.2 Å². The molecule has 0 aromatic heterocycles. The Labute approximate surface area is 236 Å². The van der Waals surface area contributed by atoms with Crippen molar-refractivity contribution in [3.8, 4) is 0 Å². The first-order valence-corrected chi connectivity index (χ1v) is 14.0. The van der Waals surface area contributed by atoms with Crippen LogP contribution in [0.1, 0.15) is 20.7 Å². The summed E-state index contributed by atoms with van der Waals surface area (Å²) >= 11 is 24.8. The molecular weight excluding hydrogens is 578 g/mol. The highest BCUT2D eigenvalue weighted by Crippen LogP contribution is 2.44. The molecule has 0 heterocycles. The summed E-state index contributed by atoms with van der Waals surface area (Å²) in [4.78, 5) is 27.4. The third-order valence-electron chi connectivity index (χ3n) is 4.87. The Morgan fingerprint density at radius 3 is 1.19 bits per heavy atom. The molecule has 0 aliphatic rings. The highest BCUT2D eigenvalue weighted by atomic mass is 35.5. The Morgan fingerprint density at radius 1 is 0.500 bits per heavy atom. The number of carbonyl (C=O) groups is 2. The van der Waals surface area contributed by atoms with Crippen molar-refractivity contribution in [1.29, 1.82) is 0 Å². The van der Waals surface area contributed by atoms with Gasteiger partial charge in [-0.25, -0.2) is 0 Å². The largest absolute Gasteiger partial charge is 0.321 e. The molecule has 0 unspecified atom stereocenters. The molecule has 0 saturated heterocycles. The minimum absolute atomic E-state index is 0.208. The molecule has 4 aromatic rings. The molecule has 0 atom stereocenters. The van der Waals surface area contributed by atoms with Crippen LogP contribution in [-0.2, 0) is 0 Å². The number of halogens is 4.